The maximum absolute atomic E-state index is 4.46. The fraction of sp³-hybridized carbons (Fsp3) is 0.538. The van der Waals surface area contributed by atoms with E-state index in [1.165, 1.54) is 18.4 Å². The Kier molecular flexibility index (Phi) is 3.15. The Hall–Kier alpha value is -1.62. The quantitative estimate of drug-likeness (QED) is 0.859. The van der Waals surface area contributed by atoms with Gasteiger partial charge in [-0.3, -0.25) is 0 Å². The minimum atomic E-state index is 0.664. The summed E-state index contributed by atoms with van der Waals surface area (Å²) in [5.41, 5.74) is 2.10. The second kappa shape index (κ2) is 4.94. The molecule has 0 spiro atoms. The molecular formula is C13H19N5. The van der Waals surface area contributed by atoms with Crippen LogP contribution in [-0.2, 0) is 0 Å². The van der Waals surface area contributed by atoms with Crippen LogP contribution in [0.1, 0.15) is 24.8 Å². The van der Waals surface area contributed by atoms with Crippen LogP contribution >= 0.6 is 0 Å². The Morgan fingerprint density at radius 2 is 2.50 bits per heavy atom. The highest BCUT2D eigenvalue weighted by atomic mass is 15.3. The summed E-state index contributed by atoms with van der Waals surface area (Å²) in [5, 5.41) is 11.2. The summed E-state index contributed by atoms with van der Waals surface area (Å²) in [6, 6.07) is 4.74. The Balaban J connectivity index is 1.60. The third-order valence-corrected chi connectivity index (χ3v) is 3.43. The van der Waals surface area contributed by atoms with Crippen LogP contribution in [0.15, 0.2) is 18.3 Å². The molecule has 18 heavy (non-hydrogen) atoms. The van der Waals surface area contributed by atoms with Crippen molar-refractivity contribution in [2.45, 2.75) is 32.2 Å². The van der Waals surface area contributed by atoms with E-state index in [2.05, 4.69) is 27.6 Å². The molecule has 5 heteroatoms. The molecule has 96 valence electrons. The number of hydrogen-bond acceptors (Lipinski definition) is 4. The van der Waals surface area contributed by atoms with E-state index < -0.39 is 0 Å². The molecule has 1 fully saturated rings. The van der Waals surface area contributed by atoms with Gasteiger partial charge in [0, 0.05) is 18.8 Å². The van der Waals surface area contributed by atoms with Gasteiger partial charge in [0.05, 0.1) is 0 Å². The fourth-order valence-corrected chi connectivity index (χ4v) is 2.42. The second-order valence-corrected chi connectivity index (χ2v) is 4.95. The summed E-state index contributed by atoms with van der Waals surface area (Å²) in [4.78, 5) is 4.46. The van der Waals surface area contributed by atoms with Crippen molar-refractivity contribution in [1.29, 1.82) is 0 Å². The molecule has 3 heterocycles. The fourth-order valence-electron chi connectivity index (χ4n) is 2.42. The molecule has 0 aromatic carbocycles. The lowest BCUT2D eigenvalue weighted by Crippen LogP contribution is -2.24. The van der Waals surface area contributed by atoms with Gasteiger partial charge in [-0.1, -0.05) is 0 Å². The van der Waals surface area contributed by atoms with Crippen molar-refractivity contribution in [3.8, 4) is 0 Å². The number of aryl methyl sites for hydroxylation is 1. The molecule has 2 aromatic rings. The van der Waals surface area contributed by atoms with Gasteiger partial charge >= 0.3 is 0 Å². The summed E-state index contributed by atoms with van der Waals surface area (Å²) in [6.07, 6.45) is 5.67. The largest absolute Gasteiger partial charge is 0.353 e. The van der Waals surface area contributed by atoms with Crippen LogP contribution in [0.25, 0.3) is 5.65 Å². The molecule has 2 aromatic heterocycles. The van der Waals surface area contributed by atoms with Crippen LogP contribution in [0.2, 0.25) is 0 Å². The average Bonchev–Trinajstić information content (AvgIpc) is 2.97. The maximum atomic E-state index is 4.46. The smallest absolute Gasteiger partial charge is 0.243 e. The molecule has 0 unspecified atom stereocenters. The number of pyridine rings is 1. The van der Waals surface area contributed by atoms with Crippen molar-refractivity contribution >= 4 is 11.6 Å². The van der Waals surface area contributed by atoms with Crippen molar-refractivity contribution in [3.05, 3.63) is 23.9 Å². The monoisotopic (exact) mass is 245 g/mol. The topological polar surface area (TPSA) is 54.2 Å². The molecule has 0 radical (unpaired) electrons. The molecular weight excluding hydrogens is 226 g/mol. The molecule has 0 bridgehead atoms. The van der Waals surface area contributed by atoms with E-state index in [1.807, 2.05) is 22.8 Å². The van der Waals surface area contributed by atoms with Crippen molar-refractivity contribution in [1.82, 2.24) is 19.9 Å². The number of rotatable bonds is 4. The zero-order valence-corrected chi connectivity index (χ0v) is 10.7. The van der Waals surface area contributed by atoms with Crippen LogP contribution in [0.5, 0.6) is 0 Å². The molecule has 1 aliphatic rings. The van der Waals surface area contributed by atoms with Crippen LogP contribution in [0.3, 0.4) is 0 Å². The molecule has 3 rings (SSSR count). The predicted octanol–water partition coefficient (Wildman–Crippen LogP) is 1.59. The van der Waals surface area contributed by atoms with Crippen LogP contribution < -0.4 is 10.6 Å². The van der Waals surface area contributed by atoms with E-state index in [9.17, 15) is 0 Å². The molecule has 1 aliphatic heterocycles. The lowest BCUT2D eigenvalue weighted by Gasteiger charge is -2.09. The number of fused-ring (bicyclic) bond motifs is 1. The lowest BCUT2D eigenvalue weighted by atomic mass is 10.2. The van der Waals surface area contributed by atoms with Crippen molar-refractivity contribution < 1.29 is 0 Å². The Labute approximate surface area is 107 Å². The van der Waals surface area contributed by atoms with E-state index in [0.29, 0.717) is 6.04 Å². The van der Waals surface area contributed by atoms with Gasteiger partial charge < -0.3 is 10.6 Å². The Bertz CT molecular complexity index is 527. The number of anilines is 1. The first-order valence-electron chi connectivity index (χ1n) is 6.61. The summed E-state index contributed by atoms with van der Waals surface area (Å²) in [5.74, 6) is 0.721. The summed E-state index contributed by atoms with van der Waals surface area (Å²) in [7, 11) is 0. The van der Waals surface area contributed by atoms with Crippen LogP contribution in [-0.4, -0.2) is 33.7 Å². The minimum Gasteiger partial charge on any atom is -0.353 e. The number of hydrogen-bond donors (Lipinski definition) is 2. The summed E-state index contributed by atoms with van der Waals surface area (Å²) < 4.78 is 1.81. The van der Waals surface area contributed by atoms with E-state index in [4.69, 9.17) is 0 Å². The highest BCUT2D eigenvalue weighted by Gasteiger charge is 2.13. The van der Waals surface area contributed by atoms with Gasteiger partial charge in [-0.15, -0.1) is 5.10 Å². The minimum absolute atomic E-state index is 0.664. The molecule has 0 saturated carbocycles. The van der Waals surface area contributed by atoms with E-state index in [0.717, 1.165) is 31.1 Å². The van der Waals surface area contributed by atoms with E-state index in [-0.39, 0.29) is 0 Å². The first-order chi connectivity index (χ1) is 8.81. The molecule has 1 atom stereocenters. The standard InChI is InChI=1S/C13H19N5/c1-10-5-8-18-12(9-10)16-13(17-18)15-7-4-11-3-2-6-14-11/h5,8-9,11,14H,2-4,6-7H2,1H3,(H,15,17)/t11-/m0/s1. The molecule has 5 nitrogen and oxygen atoms in total. The Morgan fingerprint density at radius 1 is 1.56 bits per heavy atom. The summed E-state index contributed by atoms with van der Waals surface area (Å²) >= 11 is 0. The molecule has 0 aliphatic carbocycles. The zero-order valence-electron chi connectivity index (χ0n) is 10.7. The summed E-state index contributed by atoms with van der Waals surface area (Å²) in [6.45, 7) is 4.15. The maximum Gasteiger partial charge on any atom is 0.243 e. The van der Waals surface area contributed by atoms with E-state index in [1.54, 1.807) is 0 Å². The second-order valence-electron chi connectivity index (χ2n) is 4.95. The first kappa shape index (κ1) is 11.5. The van der Waals surface area contributed by atoms with Gasteiger partial charge in [-0.05, 0) is 50.4 Å². The third-order valence-electron chi connectivity index (χ3n) is 3.43. The number of nitrogens with one attached hydrogen (secondary N) is 2. The van der Waals surface area contributed by atoms with Crippen molar-refractivity contribution in [3.63, 3.8) is 0 Å². The molecule has 1 saturated heterocycles. The highest BCUT2D eigenvalue weighted by molar-refractivity contribution is 5.45. The van der Waals surface area contributed by atoms with Crippen molar-refractivity contribution in [2.75, 3.05) is 18.4 Å². The third kappa shape index (κ3) is 2.46. The SMILES string of the molecule is Cc1ccn2nc(NCC[C@@H]3CCCN3)nc2c1. The van der Waals surface area contributed by atoms with Gasteiger partial charge in [-0.25, -0.2) is 4.52 Å². The average molecular weight is 245 g/mol. The normalized spacial score (nSPS) is 19.5. The van der Waals surface area contributed by atoms with Gasteiger partial charge in [0.25, 0.3) is 0 Å². The van der Waals surface area contributed by atoms with Crippen LogP contribution in [0.4, 0.5) is 5.95 Å². The number of nitrogens with zero attached hydrogens (tertiary/aromatic N) is 3. The first-order valence-corrected chi connectivity index (χ1v) is 6.61. The predicted molar refractivity (Wildman–Crippen MR) is 71.9 cm³/mol. The number of aromatic nitrogens is 3. The van der Waals surface area contributed by atoms with Gasteiger partial charge in [0.2, 0.25) is 5.95 Å². The van der Waals surface area contributed by atoms with Crippen molar-refractivity contribution in [2.24, 2.45) is 0 Å². The molecule has 0 amide bonds. The zero-order chi connectivity index (χ0) is 12.4. The van der Waals surface area contributed by atoms with Gasteiger partial charge in [0.1, 0.15) is 0 Å². The van der Waals surface area contributed by atoms with Gasteiger partial charge in [0.15, 0.2) is 5.65 Å². The van der Waals surface area contributed by atoms with Gasteiger partial charge in [-0.2, -0.15) is 4.98 Å². The lowest BCUT2D eigenvalue weighted by molar-refractivity contribution is 0.573. The Morgan fingerprint density at radius 3 is 3.33 bits per heavy atom. The molecule has 2 N–H and O–H groups in total. The van der Waals surface area contributed by atoms with Crippen LogP contribution in [0, 0.1) is 6.92 Å². The van der Waals surface area contributed by atoms with E-state index >= 15 is 0 Å². The highest BCUT2D eigenvalue weighted by Crippen LogP contribution is 2.10.